The Morgan fingerprint density at radius 3 is 2.36 bits per heavy atom. The Balaban J connectivity index is 0.00000280. The van der Waals surface area contributed by atoms with Crippen molar-refractivity contribution in [2.45, 2.75) is 27.0 Å². The summed E-state index contributed by atoms with van der Waals surface area (Å²) in [7, 11) is 0. The average molecular weight is 424 g/mol. The minimum absolute atomic E-state index is 0. The number of anilines is 1. The van der Waals surface area contributed by atoms with Gasteiger partial charge in [0.15, 0.2) is 6.23 Å². The van der Waals surface area contributed by atoms with Crippen molar-refractivity contribution < 1.29 is 9.53 Å². The Morgan fingerprint density at radius 2 is 1.71 bits per heavy atom. The summed E-state index contributed by atoms with van der Waals surface area (Å²) in [5.74, 6) is 0.673. The van der Waals surface area contributed by atoms with Gasteiger partial charge in [0.1, 0.15) is 5.75 Å². The smallest absolute Gasteiger partial charge is 0.320 e. The van der Waals surface area contributed by atoms with E-state index in [1.165, 1.54) is 16.8 Å². The molecule has 5 nitrogen and oxygen atoms in total. The summed E-state index contributed by atoms with van der Waals surface area (Å²) in [6, 6.07) is 13.4. The molecule has 2 amide bonds. The standard InChI is InChI=1S/C21H26ClN3O2.ClH/c1-15-5-4-6-20(16(15)2)24-11-13-25(14-12-24)21(26)23-17(3)27-19-9-7-18(22)8-10-19;/h4-10,17H,11-14H2,1-3H3,(H,23,26);1H. The fourth-order valence-corrected chi connectivity index (χ4v) is 3.37. The third-order valence-electron chi connectivity index (χ3n) is 4.94. The van der Waals surface area contributed by atoms with E-state index in [0.29, 0.717) is 23.9 Å². The van der Waals surface area contributed by atoms with Crippen LogP contribution in [0.15, 0.2) is 42.5 Å². The number of nitrogens with zero attached hydrogens (tertiary/aromatic N) is 2. The summed E-state index contributed by atoms with van der Waals surface area (Å²) in [5, 5.41) is 3.55. The number of hydrogen-bond donors (Lipinski definition) is 1. The molecule has 0 spiro atoms. The van der Waals surface area contributed by atoms with Gasteiger partial charge in [0, 0.05) is 36.9 Å². The predicted molar refractivity (Wildman–Crippen MR) is 117 cm³/mol. The molecule has 1 aliphatic rings. The van der Waals surface area contributed by atoms with Gasteiger partial charge in [-0.2, -0.15) is 0 Å². The van der Waals surface area contributed by atoms with Gasteiger partial charge in [0.05, 0.1) is 0 Å². The first-order valence-corrected chi connectivity index (χ1v) is 9.60. The molecule has 1 aliphatic heterocycles. The van der Waals surface area contributed by atoms with E-state index in [1.807, 2.05) is 11.8 Å². The normalized spacial score (nSPS) is 14.9. The summed E-state index contributed by atoms with van der Waals surface area (Å²) in [6.07, 6.45) is -0.421. The van der Waals surface area contributed by atoms with Crippen LogP contribution in [0, 0.1) is 13.8 Å². The maximum atomic E-state index is 12.5. The summed E-state index contributed by atoms with van der Waals surface area (Å²) >= 11 is 5.87. The van der Waals surface area contributed by atoms with E-state index >= 15 is 0 Å². The number of aryl methyl sites for hydroxylation is 1. The van der Waals surface area contributed by atoms with E-state index < -0.39 is 6.23 Å². The highest BCUT2D eigenvalue weighted by atomic mass is 35.5. The fraction of sp³-hybridized carbons (Fsp3) is 0.381. The molecular weight excluding hydrogens is 397 g/mol. The number of benzene rings is 2. The molecule has 2 aromatic rings. The minimum Gasteiger partial charge on any atom is -0.471 e. The van der Waals surface area contributed by atoms with Crippen molar-refractivity contribution in [3.05, 3.63) is 58.6 Å². The molecule has 1 atom stereocenters. The fourth-order valence-electron chi connectivity index (χ4n) is 3.24. The van der Waals surface area contributed by atoms with Crippen LogP contribution in [0.3, 0.4) is 0 Å². The van der Waals surface area contributed by atoms with Gasteiger partial charge in [0.25, 0.3) is 0 Å². The zero-order valence-corrected chi connectivity index (χ0v) is 18.0. The Hall–Kier alpha value is -2.11. The van der Waals surface area contributed by atoms with Crippen molar-refractivity contribution >= 4 is 35.7 Å². The number of carbonyl (C=O) groups excluding carboxylic acids is 1. The molecule has 1 N–H and O–H groups in total. The Kier molecular flexibility index (Phi) is 7.84. The van der Waals surface area contributed by atoms with E-state index in [2.05, 4.69) is 42.3 Å². The van der Waals surface area contributed by atoms with Crippen LogP contribution in [0.2, 0.25) is 5.02 Å². The van der Waals surface area contributed by atoms with Gasteiger partial charge in [-0.1, -0.05) is 23.7 Å². The van der Waals surface area contributed by atoms with Crippen molar-refractivity contribution in [3.8, 4) is 5.75 Å². The molecule has 0 aliphatic carbocycles. The highest BCUT2D eigenvalue weighted by molar-refractivity contribution is 6.30. The lowest BCUT2D eigenvalue weighted by Gasteiger charge is -2.37. The SMILES string of the molecule is Cc1cccc(N2CCN(C(=O)NC(C)Oc3ccc(Cl)cc3)CC2)c1C.Cl. The molecule has 2 aromatic carbocycles. The summed E-state index contributed by atoms with van der Waals surface area (Å²) < 4.78 is 5.72. The Morgan fingerprint density at radius 1 is 1.07 bits per heavy atom. The lowest BCUT2D eigenvalue weighted by atomic mass is 10.1. The van der Waals surface area contributed by atoms with Crippen LogP contribution in [0.4, 0.5) is 10.5 Å². The molecule has 0 saturated carbocycles. The van der Waals surface area contributed by atoms with Gasteiger partial charge in [-0.3, -0.25) is 0 Å². The summed E-state index contributed by atoms with van der Waals surface area (Å²) in [6.45, 7) is 9.12. The lowest BCUT2D eigenvalue weighted by Crippen LogP contribution is -2.54. The van der Waals surface area contributed by atoms with Crippen molar-refractivity contribution in [3.63, 3.8) is 0 Å². The van der Waals surface area contributed by atoms with E-state index in [-0.39, 0.29) is 18.4 Å². The number of ether oxygens (including phenoxy) is 1. The zero-order valence-electron chi connectivity index (χ0n) is 16.4. The number of rotatable bonds is 4. The summed E-state index contributed by atoms with van der Waals surface area (Å²) in [4.78, 5) is 16.7. The van der Waals surface area contributed by atoms with Crippen LogP contribution < -0.4 is 15.0 Å². The lowest BCUT2D eigenvalue weighted by molar-refractivity contribution is 0.151. The molecule has 7 heteroatoms. The van der Waals surface area contributed by atoms with E-state index in [9.17, 15) is 4.79 Å². The molecule has 152 valence electrons. The van der Waals surface area contributed by atoms with Crippen LogP contribution in [0.1, 0.15) is 18.1 Å². The van der Waals surface area contributed by atoms with Gasteiger partial charge in [0.2, 0.25) is 0 Å². The molecule has 3 rings (SSSR count). The van der Waals surface area contributed by atoms with E-state index in [4.69, 9.17) is 16.3 Å². The number of hydrogen-bond acceptors (Lipinski definition) is 3. The molecule has 0 bridgehead atoms. The van der Waals surface area contributed by atoms with Crippen molar-refractivity contribution in [1.29, 1.82) is 0 Å². The number of urea groups is 1. The van der Waals surface area contributed by atoms with Gasteiger partial charge >= 0.3 is 6.03 Å². The van der Waals surface area contributed by atoms with Crippen LogP contribution in [-0.2, 0) is 0 Å². The monoisotopic (exact) mass is 423 g/mol. The van der Waals surface area contributed by atoms with Crippen LogP contribution in [0.25, 0.3) is 0 Å². The largest absolute Gasteiger partial charge is 0.471 e. The van der Waals surface area contributed by atoms with Crippen LogP contribution >= 0.6 is 24.0 Å². The van der Waals surface area contributed by atoms with Crippen LogP contribution in [0.5, 0.6) is 5.75 Å². The Labute approximate surface area is 178 Å². The maximum Gasteiger partial charge on any atom is 0.320 e. The molecule has 28 heavy (non-hydrogen) atoms. The van der Waals surface area contributed by atoms with Gasteiger partial charge in [-0.25, -0.2) is 4.79 Å². The van der Waals surface area contributed by atoms with Crippen LogP contribution in [-0.4, -0.2) is 43.3 Å². The van der Waals surface area contributed by atoms with Crippen molar-refractivity contribution in [2.24, 2.45) is 0 Å². The second-order valence-electron chi connectivity index (χ2n) is 6.86. The van der Waals surface area contributed by atoms with Crippen molar-refractivity contribution in [1.82, 2.24) is 10.2 Å². The maximum absolute atomic E-state index is 12.5. The Bertz CT molecular complexity index is 791. The topological polar surface area (TPSA) is 44.8 Å². The zero-order chi connectivity index (χ0) is 19.4. The number of piperazine rings is 1. The third-order valence-corrected chi connectivity index (χ3v) is 5.19. The summed E-state index contributed by atoms with van der Waals surface area (Å²) in [5.41, 5.74) is 3.86. The molecule has 0 aromatic heterocycles. The molecule has 1 fully saturated rings. The quantitative estimate of drug-likeness (QED) is 0.728. The molecule has 1 heterocycles. The van der Waals surface area contributed by atoms with E-state index in [0.717, 1.165) is 13.1 Å². The average Bonchev–Trinajstić information content (AvgIpc) is 2.66. The number of nitrogens with one attached hydrogen (secondary N) is 1. The number of carbonyl (C=O) groups is 1. The number of halogens is 2. The third kappa shape index (κ3) is 5.46. The van der Waals surface area contributed by atoms with Gasteiger partial charge < -0.3 is 19.9 Å². The molecule has 0 radical (unpaired) electrons. The highest BCUT2D eigenvalue weighted by Gasteiger charge is 2.23. The van der Waals surface area contributed by atoms with Crippen molar-refractivity contribution in [2.75, 3.05) is 31.1 Å². The molecule has 1 unspecified atom stereocenters. The van der Waals surface area contributed by atoms with Gasteiger partial charge in [-0.15, -0.1) is 12.4 Å². The first-order chi connectivity index (χ1) is 12.9. The second-order valence-corrected chi connectivity index (χ2v) is 7.29. The van der Waals surface area contributed by atoms with Gasteiger partial charge in [-0.05, 0) is 62.2 Å². The number of amides is 2. The molecular formula is C21H27Cl2N3O2. The second kappa shape index (κ2) is 9.89. The predicted octanol–water partition coefficient (Wildman–Crippen LogP) is 4.64. The highest BCUT2D eigenvalue weighted by Crippen LogP contribution is 2.24. The van der Waals surface area contributed by atoms with E-state index in [1.54, 1.807) is 24.3 Å². The minimum atomic E-state index is -0.421. The molecule has 1 saturated heterocycles. The first-order valence-electron chi connectivity index (χ1n) is 9.23. The first kappa shape index (κ1) is 22.2.